The van der Waals surface area contributed by atoms with Crippen LogP contribution in [0.3, 0.4) is 0 Å². The van der Waals surface area contributed by atoms with E-state index in [1.165, 1.54) is 25.7 Å². The second-order valence-electron chi connectivity index (χ2n) is 5.52. The van der Waals surface area contributed by atoms with Crippen LogP contribution in [0.2, 0.25) is 5.02 Å². The largest absolute Gasteiger partial charge is 0.471 e. The average molecular weight is 311 g/mol. The second-order valence-corrected chi connectivity index (χ2v) is 5.96. The number of benzene rings is 1. The summed E-state index contributed by atoms with van der Waals surface area (Å²) < 4.78 is 5.62. The fourth-order valence-electron chi connectivity index (χ4n) is 2.58. The molecule has 1 aliphatic carbocycles. The first-order valence-corrected chi connectivity index (χ1v) is 8.00. The standard InChI is InChI=1S/C16H23ClN2O2/c1-12(21-15-10-8-13(17)9-11-15)18-16(20)19-14-6-4-2-3-5-7-14/h8-12,14H,2-7H2,1H3,(H2,18,19,20). The topological polar surface area (TPSA) is 50.4 Å². The van der Waals surface area contributed by atoms with Crippen LogP contribution in [0, 0.1) is 0 Å². The van der Waals surface area contributed by atoms with Gasteiger partial charge in [0.25, 0.3) is 0 Å². The first-order valence-electron chi connectivity index (χ1n) is 7.63. The van der Waals surface area contributed by atoms with Crippen LogP contribution in [0.25, 0.3) is 0 Å². The lowest BCUT2D eigenvalue weighted by Crippen LogP contribution is -2.47. The van der Waals surface area contributed by atoms with Gasteiger partial charge in [0.1, 0.15) is 5.75 Å². The summed E-state index contributed by atoms with van der Waals surface area (Å²) in [6.07, 6.45) is 6.69. The summed E-state index contributed by atoms with van der Waals surface area (Å²) >= 11 is 5.82. The Morgan fingerprint density at radius 3 is 2.43 bits per heavy atom. The van der Waals surface area contributed by atoms with Crippen molar-refractivity contribution in [3.05, 3.63) is 29.3 Å². The molecule has 2 amide bonds. The number of carbonyl (C=O) groups excluding carboxylic acids is 1. The van der Waals surface area contributed by atoms with Gasteiger partial charge in [-0.2, -0.15) is 0 Å². The first-order chi connectivity index (χ1) is 10.1. The van der Waals surface area contributed by atoms with E-state index < -0.39 is 6.23 Å². The summed E-state index contributed by atoms with van der Waals surface area (Å²) in [6.45, 7) is 1.81. The van der Waals surface area contributed by atoms with Gasteiger partial charge in [0.05, 0.1) is 0 Å². The molecule has 1 aromatic rings. The molecule has 1 atom stereocenters. The van der Waals surface area contributed by atoms with Crippen molar-refractivity contribution in [2.24, 2.45) is 0 Å². The molecular weight excluding hydrogens is 288 g/mol. The maximum atomic E-state index is 12.0. The Balaban J connectivity index is 1.74. The SMILES string of the molecule is CC(NC(=O)NC1CCCCCC1)Oc1ccc(Cl)cc1. The van der Waals surface area contributed by atoms with Gasteiger partial charge in [-0.25, -0.2) is 4.79 Å². The predicted octanol–water partition coefficient (Wildman–Crippen LogP) is 4.09. The van der Waals surface area contributed by atoms with Crippen molar-refractivity contribution in [2.75, 3.05) is 0 Å². The van der Waals surface area contributed by atoms with Crippen molar-refractivity contribution in [3.63, 3.8) is 0 Å². The van der Waals surface area contributed by atoms with E-state index in [0.717, 1.165) is 12.8 Å². The van der Waals surface area contributed by atoms with Crippen molar-refractivity contribution >= 4 is 17.6 Å². The molecular formula is C16H23ClN2O2. The smallest absolute Gasteiger partial charge is 0.317 e. The molecule has 0 heterocycles. The van der Waals surface area contributed by atoms with Crippen molar-refractivity contribution < 1.29 is 9.53 Å². The van der Waals surface area contributed by atoms with E-state index in [9.17, 15) is 4.79 Å². The Morgan fingerprint density at radius 1 is 1.19 bits per heavy atom. The van der Waals surface area contributed by atoms with Crippen LogP contribution < -0.4 is 15.4 Å². The quantitative estimate of drug-likeness (QED) is 0.650. The number of hydrogen-bond donors (Lipinski definition) is 2. The monoisotopic (exact) mass is 310 g/mol. The molecule has 116 valence electrons. The number of rotatable bonds is 4. The zero-order valence-electron chi connectivity index (χ0n) is 12.4. The van der Waals surface area contributed by atoms with Gasteiger partial charge in [-0.3, -0.25) is 0 Å². The van der Waals surface area contributed by atoms with Gasteiger partial charge in [0, 0.05) is 11.1 Å². The molecule has 0 saturated heterocycles. The third-order valence-corrected chi connectivity index (χ3v) is 3.90. The van der Waals surface area contributed by atoms with E-state index in [4.69, 9.17) is 16.3 Å². The molecule has 0 aromatic heterocycles. The van der Waals surface area contributed by atoms with E-state index in [1.54, 1.807) is 31.2 Å². The number of carbonyl (C=O) groups is 1. The Kier molecular flexibility index (Phi) is 6.18. The number of nitrogens with one attached hydrogen (secondary N) is 2. The molecule has 1 fully saturated rings. The Morgan fingerprint density at radius 2 is 1.81 bits per heavy atom. The van der Waals surface area contributed by atoms with Gasteiger partial charge in [-0.05, 0) is 44.0 Å². The molecule has 2 N–H and O–H groups in total. The molecule has 2 rings (SSSR count). The molecule has 0 spiro atoms. The van der Waals surface area contributed by atoms with Crippen LogP contribution in [-0.2, 0) is 0 Å². The van der Waals surface area contributed by atoms with Crippen molar-refractivity contribution in [3.8, 4) is 5.75 Å². The second kappa shape index (κ2) is 8.13. The van der Waals surface area contributed by atoms with Crippen LogP contribution in [0.5, 0.6) is 5.75 Å². The van der Waals surface area contributed by atoms with Crippen LogP contribution in [0.4, 0.5) is 4.79 Å². The van der Waals surface area contributed by atoms with Crippen LogP contribution in [0.15, 0.2) is 24.3 Å². The van der Waals surface area contributed by atoms with Gasteiger partial charge >= 0.3 is 6.03 Å². The summed E-state index contributed by atoms with van der Waals surface area (Å²) in [5.41, 5.74) is 0. The highest BCUT2D eigenvalue weighted by atomic mass is 35.5. The van der Waals surface area contributed by atoms with E-state index in [-0.39, 0.29) is 12.1 Å². The minimum Gasteiger partial charge on any atom is -0.471 e. The molecule has 21 heavy (non-hydrogen) atoms. The van der Waals surface area contributed by atoms with Gasteiger partial charge in [-0.15, -0.1) is 0 Å². The Hall–Kier alpha value is -1.42. The predicted molar refractivity (Wildman–Crippen MR) is 84.7 cm³/mol. The molecule has 1 saturated carbocycles. The van der Waals surface area contributed by atoms with Crippen molar-refractivity contribution in [2.45, 2.75) is 57.7 Å². The number of halogens is 1. The van der Waals surface area contributed by atoms with E-state index >= 15 is 0 Å². The third-order valence-electron chi connectivity index (χ3n) is 3.65. The highest BCUT2D eigenvalue weighted by molar-refractivity contribution is 6.30. The summed E-state index contributed by atoms with van der Waals surface area (Å²) in [5.74, 6) is 0.682. The Labute approximate surface area is 131 Å². The molecule has 4 nitrogen and oxygen atoms in total. The van der Waals surface area contributed by atoms with E-state index in [2.05, 4.69) is 10.6 Å². The Bertz CT molecular complexity index is 442. The van der Waals surface area contributed by atoms with Crippen LogP contribution in [-0.4, -0.2) is 18.3 Å². The number of urea groups is 1. The lowest BCUT2D eigenvalue weighted by atomic mass is 10.1. The van der Waals surface area contributed by atoms with Crippen LogP contribution in [0.1, 0.15) is 45.4 Å². The molecule has 1 aromatic carbocycles. The number of amides is 2. The highest BCUT2D eigenvalue weighted by Gasteiger charge is 2.16. The fraction of sp³-hybridized carbons (Fsp3) is 0.562. The zero-order valence-corrected chi connectivity index (χ0v) is 13.2. The number of hydrogen-bond acceptors (Lipinski definition) is 2. The summed E-state index contributed by atoms with van der Waals surface area (Å²) in [5, 5.41) is 6.50. The van der Waals surface area contributed by atoms with Crippen molar-refractivity contribution in [1.29, 1.82) is 0 Å². The normalized spacial score (nSPS) is 17.6. The molecule has 0 bridgehead atoms. The highest BCUT2D eigenvalue weighted by Crippen LogP contribution is 2.18. The van der Waals surface area contributed by atoms with Gasteiger partial charge in [0.15, 0.2) is 6.23 Å². The maximum Gasteiger partial charge on any atom is 0.317 e. The number of ether oxygens (including phenoxy) is 1. The van der Waals surface area contributed by atoms with E-state index in [1.807, 2.05) is 0 Å². The zero-order chi connectivity index (χ0) is 15.1. The third kappa shape index (κ3) is 5.84. The molecule has 0 radical (unpaired) electrons. The maximum absolute atomic E-state index is 12.0. The van der Waals surface area contributed by atoms with Gasteiger partial charge < -0.3 is 15.4 Å². The minimum absolute atomic E-state index is 0.164. The molecule has 1 aliphatic rings. The lowest BCUT2D eigenvalue weighted by molar-refractivity contribution is 0.174. The minimum atomic E-state index is -0.392. The average Bonchev–Trinajstić information content (AvgIpc) is 2.69. The van der Waals surface area contributed by atoms with Crippen molar-refractivity contribution in [1.82, 2.24) is 10.6 Å². The molecule has 1 unspecified atom stereocenters. The van der Waals surface area contributed by atoms with Crippen LogP contribution >= 0.6 is 11.6 Å². The molecule has 0 aliphatic heterocycles. The summed E-state index contributed by atoms with van der Waals surface area (Å²) in [6, 6.07) is 7.20. The van der Waals surface area contributed by atoms with Gasteiger partial charge in [-0.1, -0.05) is 37.3 Å². The fourth-order valence-corrected chi connectivity index (χ4v) is 2.71. The summed E-state index contributed by atoms with van der Waals surface area (Å²) in [4.78, 5) is 12.0. The van der Waals surface area contributed by atoms with Gasteiger partial charge in [0.2, 0.25) is 0 Å². The molecule has 5 heteroatoms. The van der Waals surface area contributed by atoms with E-state index in [0.29, 0.717) is 10.8 Å². The summed E-state index contributed by atoms with van der Waals surface area (Å²) in [7, 11) is 0. The lowest BCUT2D eigenvalue weighted by Gasteiger charge is -2.20. The first kappa shape index (κ1) is 16.0.